The van der Waals surface area contributed by atoms with Crippen LogP contribution in [0.2, 0.25) is 0 Å². The van der Waals surface area contributed by atoms with Crippen LogP contribution < -0.4 is 15.2 Å². The second-order valence-corrected chi connectivity index (χ2v) is 8.36. The fourth-order valence-electron chi connectivity index (χ4n) is 1.45. The first-order chi connectivity index (χ1) is 8.63. The van der Waals surface area contributed by atoms with Crippen molar-refractivity contribution in [1.82, 2.24) is 4.72 Å². The van der Waals surface area contributed by atoms with E-state index in [0.717, 1.165) is 6.26 Å². The lowest BCUT2D eigenvalue weighted by molar-refractivity contribution is 0.409. The van der Waals surface area contributed by atoms with Crippen molar-refractivity contribution >= 4 is 25.5 Å². The highest BCUT2D eigenvalue weighted by atomic mass is 32.3. The Bertz CT molecular complexity index is 652. The maximum atomic E-state index is 11.5. The molecule has 9 heteroatoms. The molecular weight excluding hydrogens is 292 g/mol. The Morgan fingerprint density at radius 3 is 2.42 bits per heavy atom. The van der Waals surface area contributed by atoms with Crippen LogP contribution >= 0.6 is 0 Å². The van der Waals surface area contributed by atoms with Gasteiger partial charge in [0.15, 0.2) is 14.9 Å². The van der Waals surface area contributed by atoms with Gasteiger partial charge in [0.1, 0.15) is 5.75 Å². The minimum Gasteiger partial charge on any atom is -0.496 e. The standard InChI is InChI=1S/C10H16N2O5S2/c1-17-10-4-3-9(11)5-8(10)6-12-19(15,16)7-18(2,13)14/h3-5,12H,6-7,11H2,1-2H3. The van der Waals surface area contributed by atoms with Gasteiger partial charge >= 0.3 is 0 Å². The molecule has 0 radical (unpaired) electrons. The summed E-state index contributed by atoms with van der Waals surface area (Å²) in [5.41, 5.74) is 6.58. The summed E-state index contributed by atoms with van der Waals surface area (Å²) >= 11 is 0. The highest BCUT2D eigenvalue weighted by molar-refractivity contribution is 8.06. The second kappa shape index (κ2) is 5.76. The Morgan fingerprint density at radius 1 is 1.26 bits per heavy atom. The summed E-state index contributed by atoms with van der Waals surface area (Å²) in [5, 5.41) is -0.954. The van der Waals surface area contributed by atoms with Crippen molar-refractivity contribution in [3.8, 4) is 5.75 Å². The Balaban J connectivity index is 2.85. The van der Waals surface area contributed by atoms with Gasteiger partial charge in [-0.3, -0.25) is 0 Å². The number of hydrogen-bond donors (Lipinski definition) is 2. The number of sulfone groups is 1. The van der Waals surface area contributed by atoms with Crippen molar-refractivity contribution < 1.29 is 21.6 Å². The summed E-state index contributed by atoms with van der Waals surface area (Å²) in [6, 6.07) is 4.78. The normalized spacial score (nSPS) is 12.3. The lowest BCUT2D eigenvalue weighted by atomic mass is 10.2. The monoisotopic (exact) mass is 308 g/mol. The topological polar surface area (TPSA) is 116 Å². The molecule has 3 N–H and O–H groups in total. The molecule has 0 unspecified atom stereocenters. The minimum absolute atomic E-state index is 0.0912. The summed E-state index contributed by atoms with van der Waals surface area (Å²) in [6.45, 7) is -0.0912. The van der Waals surface area contributed by atoms with Crippen LogP contribution in [-0.4, -0.2) is 35.3 Å². The number of nitrogen functional groups attached to an aromatic ring is 1. The largest absolute Gasteiger partial charge is 0.496 e. The second-order valence-electron chi connectivity index (χ2n) is 4.05. The number of methoxy groups -OCH3 is 1. The van der Waals surface area contributed by atoms with Gasteiger partial charge in [0.25, 0.3) is 0 Å². The molecule has 0 saturated carbocycles. The molecule has 0 saturated heterocycles. The van der Waals surface area contributed by atoms with Crippen molar-refractivity contribution in [3.05, 3.63) is 23.8 Å². The molecule has 7 nitrogen and oxygen atoms in total. The maximum Gasteiger partial charge on any atom is 0.226 e. The lowest BCUT2D eigenvalue weighted by Crippen LogP contribution is -2.29. The Labute approximate surface area is 112 Å². The predicted octanol–water partition coefficient (Wildman–Crippen LogP) is -0.301. The van der Waals surface area contributed by atoms with Crippen LogP contribution in [0.25, 0.3) is 0 Å². The first-order valence-electron chi connectivity index (χ1n) is 5.20. The molecule has 0 heterocycles. The van der Waals surface area contributed by atoms with E-state index in [4.69, 9.17) is 10.5 Å². The Hall–Kier alpha value is -1.32. The highest BCUT2D eigenvalue weighted by Crippen LogP contribution is 2.20. The predicted molar refractivity (Wildman–Crippen MR) is 72.9 cm³/mol. The van der Waals surface area contributed by atoms with Gasteiger partial charge in [-0.25, -0.2) is 21.6 Å². The third-order valence-corrected chi connectivity index (χ3v) is 5.69. The summed E-state index contributed by atoms with van der Waals surface area (Å²) in [7, 11) is -6.08. The first kappa shape index (κ1) is 15.7. The van der Waals surface area contributed by atoms with E-state index in [1.807, 2.05) is 0 Å². The van der Waals surface area contributed by atoms with Crippen LogP contribution in [0, 0.1) is 0 Å². The average Bonchev–Trinajstić information content (AvgIpc) is 2.23. The van der Waals surface area contributed by atoms with Gasteiger partial charge in [-0.05, 0) is 18.2 Å². The van der Waals surface area contributed by atoms with E-state index in [0.29, 0.717) is 17.0 Å². The summed E-state index contributed by atoms with van der Waals surface area (Å²) in [5.74, 6) is 0.469. The zero-order valence-electron chi connectivity index (χ0n) is 10.6. The van der Waals surface area contributed by atoms with E-state index in [1.54, 1.807) is 18.2 Å². The van der Waals surface area contributed by atoms with Gasteiger partial charge in [-0.1, -0.05) is 0 Å². The van der Waals surface area contributed by atoms with Gasteiger partial charge in [-0.2, -0.15) is 0 Å². The Morgan fingerprint density at radius 2 is 1.89 bits per heavy atom. The van der Waals surface area contributed by atoms with Crippen molar-refractivity contribution in [2.24, 2.45) is 0 Å². The smallest absolute Gasteiger partial charge is 0.226 e. The molecule has 1 aromatic carbocycles. The van der Waals surface area contributed by atoms with Gasteiger partial charge < -0.3 is 10.5 Å². The number of anilines is 1. The van der Waals surface area contributed by atoms with Crippen LogP contribution in [0.4, 0.5) is 5.69 Å². The van der Waals surface area contributed by atoms with Crippen molar-refractivity contribution in [1.29, 1.82) is 0 Å². The average molecular weight is 308 g/mol. The molecule has 0 aliphatic heterocycles. The van der Waals surface area contributed by atoms with Crippen LogP contribution in [-0.2, 0) is 26.4 Å². The number of sulfonamides is 1. The number of ether oxygens (including phenoxy) is 1. The van der Waals surface area contributed by atoms with E-state index >= 15 is 0 Å². The molecule has 1 rings (SSSR count). The van der Waals surface area contributed by atoms with Crippen molar-refractivity contribution in [2.75, 3.05) is 24.2 Å². The van der Waals surface area contributed by atoms with E-state index in [1.165, 1.54) is 7.11 Å². The third-order valence-electron chi connectivity index (χ3n) is 2.16. The molecule has 1 aromatic rings. The van der Waals surface area contributed by atoms with E-state index in [9.17, 15) is 16.8 Å². The Kier molecular flexibility index (Phi) is 4.77. The summed E-state index contributed by atoms with van der Waals surface area (Å²) in [4.78, 5) is 0. The molecule has 19 heavy (non-hydrogen) atoms. The van der Waals surface area contributed by atoms with Crippen LogP contribution in [0.15, 0.2) is 18.2 Å². The number of nitrogens with one attached hydrogen (secondary N) is 1. The molecule has 0 atom stereocenters. The fourth-order valence-corrected chi connectivity index (χ4v) is 4.41. The number of hydrogen-bond acceptors (Lipinski definition) is 6. The van der Waals surface area contributed by atoms with Crippen LogP contribution in [0.5, 0.6) is 5.75 Å². The molecule has 0 bridgehead atoms. The van der Waals surface area contributed by atoms with Crippen molar-refractivity contribution in [3.63, 3.8) is 0 Å². The highest BCUT2D eigenvalue weighted by Gasteiger charge is 2.18. The minimum atomic E-state index is -3.91. The number of rotatable bonds is 6. The zero-order chi connectivity index (χ0) is 14.7. The van der Waals surface area contributed by atoms with Crippen molar-refractivity contribution in [2.45, 2.75) is 6.54 Å². The van der Waals surface area contributed by atoms with E-state index in [2.05, 4.69) is 4.72 Å². The van der Waals surface area contributed by atoms with Crippen LogP contribution in [0.1, 0.15) is 5.56 Å². The fraction of sp³-hybridized carbons (Fsp3) is 0.400. The molecule has 0 spiro atoms. The molecule has 0 amide bonds. The van der Waals surface area contributed by atoms with Gasteiger partial charge in [-0.15, -0.1) is 0 Å². The molecule has 108 valence electrons. The van der Waals surface area contributed by atoms with E-state index in [-0.39, 0.29) is 6.54 Å². The van der Waals surface area contributed by atoms with Gasteiger partial charge in [0.05, 0.1) is 7.11 Å². The molecule has 0 aromatic heterocycles. The molecule has 0 fully saturated rings. The quantitative estimate of drug-likeness (QED) is 0.697. The first-order valence-corrected chi connectivity index (χ1v) is 8.92. The number of benzene rings is 1. The van der Waals surface area contributed by atoms with E-state index < -0.39 is 24.9 Å². The number of nitrogens with two attached hydrogens (primary N) is 1. The lowest BCUT2D eigenvalue weighted by Gasteiger charge is -2.10. The molecular formula is C10H16N2O5S2. The summed E-state index contributed by atoms with van der Waals surface area (Å²) in [6.07, 6.45) is 0.854. The van der Waals surface area contributed by atoms with Crippen LogP contribution in [0.3, 0.4) is 0 Å². The van der Waals surface area contributed by atoms with Gasteiger partial charge in [0, 0.05) is 24.1 Å². The molecule has 0 aliphatic carbocycles. The summed E-state index contributed by atoms with van der Waals surface area (Å²) < 4.78 is 52.3. The molecule has 0 aliphatic rings. The SMILES string of the molecule is COc1ccc(N)cc1CNS(=O)(=O)CS(C)(=O)=O. The third kappa shape index (κ3) is 5.45. The maximum absolute atomic E-state index is 11.5. The van der Waals surface area contributed by atoms with Gasteiger partial charge in [0.2, 0.25) is 10.0 Å². The zero-order valence-corrected chi connectivity index (χ0v) is 12.2.